The topological polar surface area (TPSA) is 26.0 Å². The predicted molar refractivity (Wildman–Crippen MR) is 80.6 cm³/mol. The fourth-order valence-corrected chi connectivity index (χ4v) is 3.17. The summed E-state index contributed by atoms with van der Waals surface area (Å²) in [6.07, 6.45) is 2.16. The maximum absolute atomic E-state index is 6.22. The van der Waals surface area contributed by atoms with Crippen LogP contribution in [-0.4, -0.2) is 0 Å². The molecule has 2 atom stereocenters. The second-order valence-corrected chi connectivity index (χ2v) is 5.78. The summed E-state index contributed by atoms with van der Waals surface area (Å²) in [4.78, 5) is 0. The molecule has 98 valence electrons. The molecule has 1 aliphatic rings. The highest BCUT2D eigenvalue weighted by atomic mass is 35.5. The molecule has 2 aromatic carbocycles. The molecule has 0 aliphatic heterocycles. The van der Waals surface area contributed by atoms with Gasteiger partial charge in [0.05, 0.1) is 0 Å². The molecule has 0 spiro atoms. The lowest BCUT2D eigenvalue weighted by Gasteiger charge is -2.30. The molecule has 0 saturated carbocycles. The van der Waals surface area contributed by atoms with Crippen LogP contribution in [0.2, 0.25) is 5.02 Å². The molecule has 1 nitrogen and oxygen atoms in total. The summed E-state index contributed by atoms with van der Waals surface area (Å²) in [5, 5.41) is 0.838. The van der Waals surface area contributed by atoms with Gasteiger partial charge in [0.2, 0.25) is 0 Å². The summed E-state index contributed by atoms with van der Waals surface area (Å²) < 4.78 is 0. The molecule has 2 N–H and O–H groups in total. The van der Waals surface area contributed by atoms with E-state index in [1.165, 1.54) is 16.7 Å². The zero-order valence-corrected chi connectivity index (χ0v) is 11.8. The Morgan fingerprint density at radius 3 is 2.53 bits per heavy atom. The maximum Gasteiger partial charge on any atom is 0.0435 e. The van der Waals surface area contributed by atoms with Gasteiger partial charge in [0.25, 0.3) is 0 Å². The Morgan fingerprint density at radius 1 is 1.05 bits per heavy atom. The molecule has 2 heteroatoms. The van der Waals surface area contributed by atoms with Crippen molar-refractivity contribution in [3.05, 3.63) is 69.7 Å². The van der Waals surface area contributed by atoms with E-state index < -0.39 is 0 Å². The molecule has 0 amide bonds. The van der Waals surface area contributed by atoms with Crippen LogP contribution in [0.3, 0.4) is 0 Å². The van der Waals surface area contributed by atoms with Crippen LogP contribution in [0.15, 0.2) is 42.5 Å². The third-order valence-electron chi connectivity index (χ3n) is 4.12. The third-order valence-corrected chi connectivity index (χ3v) is 4.55. The number of fused-ring (bicyclic) bond motifs is 1. The van der Waals surface area contributed by atoms with E-state index in [9.17, 15) is 0 Å². The molecular formula is C17H18ClN. The summed E-state index contributed by atoms with van der Waals surface area (Å²) in [7, 11) is 0. The number of hydrogen-bond acceptors (Lipinski definition) is 1. The Morgan fingerprint density at radius 2 is 1.79 bits per heavy atom. The highest BCUT2D eigenvalue weighted by Gasteiger charge is 2.25. The first kappa shape index (κ1) is 12.7. The van der Waals surface area contributed by atoms with Crippen LogP contribution in [-0.2, 0) is 0 Å². The minimum atomic E-state index is 0.181. The van der Waals surface area contributed by atoms with E-state index in [2.05, 4.69) is 43.3 Å². The average molecular weight is 272 g/mol. The minimum Gasteiger partial charge on any atom is -0.324 e. The van der Waals surface area contributed by atoms with Crippen molar-refractivity contribution in [2.45, 2.75) is 31.7 Å². The predicted octanol–water partition coefficient (Wildman–Crippen LogP) is 4.57. The number of halogens is 1. The summed E-state index contributed by atoms with van der Waals surface area (Å²) in [6.45, 7) is 2.06. The fourth-order valence-electron chi connectivity index (χ4n) is 3.05. The fraction of sp³-hybridized carbons (Fsp3) is 0.294. The highest BCUT2D eigenvalue weighted by molar-refractivity contribution is 6.31. The summed E-state index contributed by atoms with van der Waals surface area (Å²) in [5.41, 5.74) is 11.4. The van der Waals surface area contributed by atoms with Gasteiger partial charge in [-0.3, -0.25) is 0 Å². The number of nitrogens with two attached hydrogens (primary N) is 1. The van der Waals surface area contributed by atoms with Gasteiger partial charge in [-0.1, -0.05) is 48.0 Å². The van der Waals surface area contributed by atoms with E-state index >= 15 is 0 Å². The van der Waals surface area contributed by atoms with Crippen molar-refractivity contribution in [1.29, 1.82) is 0 Å². The monoisotopic (exact) mass is 271 g/mol. The van der Waals surface area contributed by atoms with E-state index in [0.29, 0.717) is 5.92 Å². The summed E-state index contributed by atoms with van der Waals surface area (Å²) in [6, 6.07) is 15.1. The van der Waals surface area contributed by atoms with Gasteiger partial charge in [0.1, 0.15) is 0 Å². The van der Waals surface area contributed by atoms with Crippen LogP contribution < -0.4 is 5.73 Å². The van der Waals surface area contributed by atoms with Crippen molar-refractivity contribution in [2.24, 2.45) is 5.73 Å². The van der Waals surface area contributed by atoms with Crippen molar-refractivity contribution in [3.63, 3.8) is 0 Å². The van der Waals surface area contributed by atoms with E-state index in [0.717, 1.165) is 23.4 Å². The number of aryl methyl sites for hydroxylation is 1. The second kappa shape index (κ2) is 4.99. The van der Waals surface area contributed by atoms with Gasteiger partial charge >= 0.3 is 0 Å². The first-order valence-electron chi connectivity index (χ1n) is 6.77. The molecule has 1 unspecified atom stereocenters. The van der Waals surface area contributed by atoms with E-state index in [4.69, 9.17) is 17.3 Å². The molecule has 2 aromatic rings. The molecule has 0 saturated heterocycles. The Bertz CT molecular complexity index is 606. The van der Waals surface area contributed by atoms with Gasteiger partial charge in [0.15, 0.2) is 0 Å². The molecule has 0 fully saturated rings. The number of rotatable bonds is 1. The minimum absolute atomic E-state index is 0.181. The largest absolute Gasteiger partial charge is 0.324 e. The molecular weight excluding hydrogens is 254 g/mol. The molecule has 0 radical (unpaired) electrons. The lowest BCUT2D eigenvalue weighted by Crippen LogP contribution is -2.21. The molecule has 1 aliphatic carbocycles. The molecule has 0 bridgehead atoms. The van der Waals surface area contributed by atoms with E-state index in [-0.39, 0.29) is 6.04 Å². The van der Waals surface area contributed by atoms with Crippen LogP contribution in [0.5, 0.6) is 0 Å². The van der Waals surface area contributed by atoms with Gasteiger partial charge in [-0.05, 0) is 48.1 Å². The Balaban J connectivity index is 2.07. The van der Waals surface area contributed by atoms with Crippen LogP contribution in [0, 0.1) is 6.92 Å². The normalized spacial score (nSPS) is 22.1. The lowest BCUT2D eigenvalue weighted by molar-refractivity contribution is 0.530. The van der Waals surface area contributed by atoms with Crippen molar-refractivity contribution >= 4 is 11.6 Å². The first-order chi connectivity index (χ1) is 9.16. The van der Waals surface area contributed by atoms with Crippen molar-refractivity contribution < 1.29 is 0 Å². The molecule has 3 rings (SSSR count). The molecule has 0 heterocycles. The van der Waals surface area contributed by atoms with Gasteiger partial charge in [0, 0.05) is 17.0 Å². The smallest absolute Gasteiger partial charge is 0.0435 e. The van der Waals surface area contributed by atoms with Crippen LogP contribution >= 0.6 is 11.6 Å². The quantitative estimate of drug-likeness (QED) is 0.808. The van der Waals surface area contributed by atoms with Crippen LogP contribution in [0.4, 0.5) is 0 Å². The Labute approximate surface area is 119 Å². The number of benzene rings is 2. The van der Waals surface area contributed by atoms with Crippen LogP contribution in [0.25, 0.3) is 0 Å². The van der Waals surface area contributed by atoms with Crippen molar-refractivity contribution in [1.82, 2.24) is 0 Å². The van der Waals surface area contributed by atoms with E-state index in [1.807, 2.05) is 6.07 Å². The maximum atomic E-state index is 6.22. The lowest BCUT2D eigenvalue weighted by atomic mass is 9.77. The van der Waals surface area contributed by atoms with Crippen molar-refractivity contribution in [2.75, 3.05) is 0 Å². The summed E-state index contributed by atoms with van der Waals surface area (Å²) in [5.74, 6) is 0.451. The summed E-state index contributed by atoms with van der Waals surface area (Å²) >= 11 is 6.12. The second-order valence-electron chi connectivity index (χ2n) is 5.37. The molecule has 0 aromatic heterocycles. The first-order valence-corrected chi connectivity index (χ1v) is 7.15. The number of hydrogen-bond donors (Lipinski definition) is 1. The Kier molecular flexibility index (Phi) is 3.34. The zero-order chi connectivity index (χ0) is 13.4. The zero-order valence-electron chi connectivity index (χ0n) is 11.1. The van der Waals surface area contributed by atoms with Gasteiger partial charge in [-0.15, -0.1) is 0 Å². The van der Waals surface area contributed by atoms with Crippen molar-refractivity contribution in [3.8, 4) is 0 Å². The van der Waals surface area contributed by atoms with Gasteiger partial charge in [-0.2, -0.15) is 0 Å². The average Bonchev–Trinajstić information content (AvgIpc) is 2.43. The third kappa shape index (κ3) is 2.29. The Hall–Kier alpha value is -1.31. The van der Waals surface area contributed by atoms with Gasteiger partial charge < -0.3 is 5.73 Å². The molecule has 19 heavy (non-hydrogen) atoms. The van der Waals surface area contributed by atoms with E-state index in [1.54, 1.807) is 0 Å². The standard InChI is InChI=1S/C17H18ClN/c1-11-10-12(6-8-16(11)18)13-7-9-17(19)15-5-3-2-4-14(13)15/h2-6,8,10,13,17H,7,9,19H2,1H3/t13?,17-/m1/s1. The van der Waals surface area contributed by atoms with Crippen LogP contribution in [0.1, 0.15) is 47.1 Å². The highest BCUT2D eigenvalue weighted by Crippen LogP contribution is 2.40. The van der Waals surface area contributed by atoms with Gasteiger partial charge in [-0.25, -0.2) is 0 Å². The SMILES string of the molecule is Cc1cc(C2CC[C@@H](N)c3ccccc32)ccc1Cl.